The molecule has 230 valence electrons. The normalized spacial score (nSPS) is 13.1. The van der Waals surface area contributed by atoms with Crippen LogP contribution in [0.2, 0.25) is 0 Å². The fourth-order valence-electron chi connectivity index (χ4n) is 7.43. The molecule has 3 heteroatoms. The van der Waals surface area contributed by atoms with Crippen LogP contribution in [0, 0.1) is 0 Å². The van der Waals surface area contributed by atoms with Gasteiger partial charge in [0.1, 0.15) is 0 Å². The SMILES string of the molecule is CC(C)(C)c1ccc2c(c1)c1cc(C(C)(C)C)ccc1n2-c1ccc(-c2ccc3c(c2)-n2c4ccccc4c4cccc(c42)O3)cc1. The summed E-state index contributed by atoms with van der Waals surface area (Å²) in [5.41, 5.74) is 12.2. The van der Waals surface area contributed by atoms with Gasteiger partial charge in [0, 0.05) is 27.2 Å². The Morgan fingerprint density at radius 2 is 1.04 bits per heavy atom. The summed E-state index contributed by atoms with van der Waals surface area (Å²) in [6.07, 6.45) is 0. The summed E-state index contributed by atoms with van der Waals surface area (Å²) in [4.78, 5) is 0. The average molecular weight is 611 g/mol. The Balaban J connectivity index is 1.18. The molecule has 3 nitrogen and oxygen atoms in total. The van der Waals surface area contributed by atoms with Crippen molar-refractivity contribution in [3.63, 3.8) is 0 Å². The summed E-state index contributed by atoms with van der Waals surface area (Å²) in [7, 11) is 0. The van der Waals surface area contributed by atoms with Crippen LogP contribution >= 0.6 is 0 Å². The molecule has 0 fully saturated rings. The molecule has 1 aliphatic rings. The molecule has 0 radical (unpaired) electrons. The molecule has 0 unspecified atom stereocenters. The highest BCUT2D eigenvalue weighted by Crippen LogP contribution is 2.46. The van der Waals surface area contributed by atoms with E-state index in [4.69, 9.17) is 4.74 Å². The third-order valence-corrected chi connectivity index (χ3v) is 10.0. The predicted octanol–water partition coefficient (Wildman–Crippen LogP) is 12.2. The molecule has 0 saturated carbocycles. The second-order valence-electron chi connectivity index (χ2n) is 15.1. The van der Waals surface area contributed by atoms with Crippen LogP contribution in [-0.2, 0) is 10.8 Å². The zero-order chi connectivity index (χ0) is 32.2. The van der Waals surface area contributed by atoms with E-state index in [0.29, 0.717) is 0 Å². The van der Waals surface area contributed by atoms with Gasteiger partial charge in [-0.05, 0) is 93.7 Å². The lowest BCUT2D eigenvalue weighted by Gasteiger charge is -2.22. The highest BCUT2D eigenvalue weighted by Gasteiger charge is 2.24. The third kappa shape index (κ3) is 4.19. The molecule has 0 aliphatic carbocycles. The molecule has 1 aliphatic heterocycles. The maximum absolute atomic E-state index is 6.45. The summed E-state index contributed by atoms with van der Waals surface area (Å²) >= 11 is 0. The van der Waals surface area contributed by atoms with Crippen molar-refractivity contribution in [3.8, 4) is 34.0 Å². The molecule has 47 heavy (non-hydrogen) atoms. The van der Waals surface area contributed by atoms with Crippen LogP contribution in [0.15, 0.2) is 121 Å². The first-order valence-electron chi connectivity index (χ1n) is 16.6. The van der Waals surface area contributed by atoms with E-state index in [9.17, 15) is 0 Å². The fraction of sp³-hybridized carbons (Fsp3) is 0.182. The van der Waals surface area contributed by atoms with Gasteiger partial charge in [0.05, 0.1) is 27.8 Å². The van der Waals surface area contributed by atoms with E-state index >= 15 is 0 Å². The van der Waals surface area contributed by atoms with E-state index in [1.165, 1.54) is 54.8 Å². The number of para-hydroxylation sites is 2. The maximum Gasteiger partial charge on any atom is 0.152 e. The van der Waals surface area contributed by atoms with Crippen LogP contribution in [-0.4, -0.2) is 9.13 Å². The molecule has 0 N–H and O–H groups in total. The van der Waals surface area contributed by atoms with Gasteiger partial charge >= 0.3 is 0 Å². The topological polar surface area (TPSA) is 19.1 Å². The van der Waals surface area contributed by atoms with Gasteiger partial charge in [0.25, 0.3) is 0 Å². The fourth-order valence-corrected chi connectivity index (χ4v) is 7.43. The molecule has 8 aromatic rings. The monoisotopic (exact) mass is 610 g/mol. The zero-order valence-corrected chi connectivity index (χ0v) is 27.8. The minimum Gasteiger partial charge on any atom is -0.453 e. The van der Waals surface area contributed by atoms with Crippen LogP contribution in [0.4, 0.5) is 0 Å². The standard InChI is InChI=1S/C44H38N2O/c1-43(2,3)29-17-21-37-34(25-29)35-26-30(44(4,5)6)18-22-38(35)45(37)31-19-14-27(15-20-31)28-16-23-40-39(24-28)46-36-12-8-7-10-32(36)33-11-9-13-41(47-40)42(33)46/h7-26H,1-6H3. The largest absolute Gasteiger partial charge is 0.453 e. The third-order valence-electron chi connectivity index (χ3n) is 10.0. The minimum atomic E-state index is 0.0760. The lowest BCUT2D eigenvalue weighted by atomic mass is 9.85. The van der Waals surface area contributed by atoms with E-state index in [-0.39, 0.29) is 10.8 Å². The van der Waals surface area contributed by atoms with E-state index in [2.05, 4.69) is 172 Å². The first-order valence-corrected chi connectivity index (χ1v) is 16.6. The van der Waals surface area contributed by atoms with Gasteiger partial charge in [0.15, 0.2) is 11.5 Å². The second kappa shape index (κ2) is 9.62. The summed E-state index contributed by atoms with van der Waals surface area (Å²) in [5.74, 6) is 1.78. The average Bonchev–Trinajstić information content (AvgIpc) is 3.58. The summed E-state index contributed by atoms with van der Waals surface area (Å²) < 4.78 is 11.2. The lowest BCUT2D eigenvalue weighted by Crippen LogP contribution is -2.10. The quantitative estimate of drug-likeness (QED) is 0.191. The number of hydrogen-bond acceptors (Lipinski definition) is 1. The Bertz CT molecular complexity index is 2480. The highest BCUT2D eigenvalue weighted by atomic mass is 16.5. The molecule has 0 amide bonds. The van der Waals surface area contributed by atoms with E-state index in [1.807, 2.05) is 0 Å². The smallest absolute Gasteiger partial charge is 0.152 e. The van der Waals surface area contributed by atoms with Crippen molar-refractivity contribution in [2.75, 3.05) is 0 Å². The van der Waals surface area contributed by atoms with E-state index in [0.717, 1.165) is 34.0 Å². The molecule has 0 bridgehead atoms. The number of benzene rings is 6. The van der Waals surface area contributed by atoms with Crippen molar-refractivity contribution in [3.05, 3.63) is 132 Å². The van der Waals surface area contributed by atoms with Gasteiger partial charge < -0.3 is 13.9 Å². The lowest BCUT2D eigenvalue weighted by molar-refractivity contribution is 0.476. The maximum atomic E-state index is 6.45. The summed E-state index contributed by atoms with van der Waals surface area (Å²) in [6.45, 7) is 13.7. The highest BCUT2D eigenvalue weighted by molar-refractivity contribution is 6.12. The zero-order valence-electron chi connectivity index (χ0n) is 27.8. The van der Waals surface area contributed by atoms with Crippen molar-refractivity contribution in [1.29, 1.82) is 0 Å². The van der Waals surface area contributed by atoms with Crippen LogP contribution in [0.3, 0.4) is 0 Å². The summed E-state index contributed by atoms with van der Waals surface area (Å²) in [5, 5.41) is 5.07. The van der Waals surface area contributed by atoms with E-state index in [1.54, 1.807) is 0 Å². The summed E-state index contributed by atoms with van der Waals surface area (Å²) in [6, 6.07) is 44.6. The van der Waals surface area contributed by atoms with Crippen LogP contribution in [0.5, 0.6) is 11.5 Å². The van der Waals surface area contributed by atoms with Gasteiger partial charge in [-0.3, -0.25) is 0 Å². The molecule has 0 atom stereocenters. The van der Waals surface area contributed by atoms with Crippen LogP contribution in [0.25, 0.3) is 66.1 Å². The number of rotatable bonds is 2. The van der Waals surface area contributed by atoms with Crippen molar-refractivity contribution in [1.82, 2.24) is 9.13 Å². The Morgan fingerprint density at radius 1 is 0.447 bits per heavy atom. The van der Waals surface area contributed by atoms with Gasteiger partial charge in [-0.25, -0.2) is 0 Å². The van der Waals surface area contributed by atoms with Crippen LogP contribution in [0.1, 0.15) is 52.7 Å². The van der Waals surface area contributed by atoms with Gasteiger partial charge in [-0.1, -0.05) is 102 Å². The molecule has 2 aromatic heterocycles. The Hall–Kier alpha value is -5.28. The van der Waals surface area contributed by atoms with Crippen molar-refractivity contribution in [2.24, 2.45) is 0 Å². The van der Waals surface area contributed by atoms with Crippen molar-refractivity contribution >= 4 is 43.6 Å². The molecular weight excluding hydrogens is 572 g/mol. The van der Waals surface area contributed by atoms with E-state index < -0.39 is 0 Å². The molecule has 6 aromatic carbocycles. The Kier molecular flexibility index (Phi) is 5.73. The number of nitrogens with zero attached hydrogens (tertiary/aromatic N) is 2. The predicted molar refractivity (Wildman–Crippen MR) is 198 cm³/mol. The Labute approximate surface area is 275 Å². The van der Waals surface area contributed by atoms with Gasteiger partial charge in [-0.2, -0.15) is 0 Å². The Morgan fingerprint density at radius 3 is 1.70 bits per heavy atom. The molecule has 3 heterocycles. The molecule has 9 rings (SSSR count). The van der Waals surface area contributed by atoms with Gasteiger partial charge in [-0.15, -0.1) is 0 Å². The second-order valence-corrected chi connectivity index (χ2v) is 15.1. The minimum absolute atomic E-state index is 0.0760. The van der Waals surface area contributed by atoms with Crippen molar-refractivity contribution < 1.29 is 4.74 Å². The van der Waals surface area contributed by atoms with Crippen LogP contribution < -0.4 is 4.74 Å². The number of ether oxygens (including phenoxy) is 1. The molecule has 0 saturated heterocycles. The first kappa shape index (κ1) is 28.0. The molecular formula is C44H38N2O. The number of aromatic nitrogens is 2. The van der Waals surface area contributed by atoms with Gasteiger partial charge in [0.2, 0.25) is 0 Å². The van der Waals surface area contributed by atoms with Crippen molar-refractivity contribution in [2.45, 2.75) is 52.4 Å². The number of hydrogen-bond donors (Lipinski definition) is 0. The molecule has 0 spiro atoms. The first-order chi connectivity index (χ1) is 22.6. The number of fused-ring (bicyclic) bond motifs is 8.